The average molecular weight is 300 g/mol. The first-order valence-electron chi connectivity index (χ1n) is 7.31. The molecule has 3 rings (SSSR count). The third kappa shape index (κ3) is 2.77. The van der Waals surface area contributed by atoms with Crippen LogP contribution in [0.25, 0.3) is 22.6 Å². The van der Waals surface area contributed by atoms with Crippen molar-refractivity contribution in [2.45, 2.75) is 13.8 Å². The minimum atomic E-state index is 0.205. The monoisotopic (exact) mass is 300 g/mol. The second-order valence-electron chi connectivity index (χ2n) is 5.45. The molecule has 1 heterocycles. The zero-order valence-corrected chi connectivity index (χ0v) is 13.0. The number of hydrogen-bond donors (Lipinski definition) is 1. The molecule has 0 fully saturated rings. The van der Waals surface area contributed by atoms with Crippen LogP contribution in [0.3, 0.4) is 0 Å². The number of rotatable bonds is 2. The Morgan fingerprint density at radius 1 is 1.00 bits per heavy atom. The van der Waals surface area contributed by atoms with Crippen molar-refractivity contribution in [2.24, 2.45) is 0 Å². The summed E-state index contributed by atoms with van der Waals surface area (Å²) in [5.41, 5.74) is 10.9. The van der Waals surface area contributed by atoms with Gasteiger partial charge in [0.1, 0.15) is 17.5 Å². The van der Waals surface area contributed by atoms with Gasteiger partial charge in [0.05, 0.1) is 5.69 Å². The normalized spacial score (nSPS) is 10.3. The Morgan fingerprint density at radius 2 is 1.74 bits per heavy atom. The van der Waals surface area contributed by atoms with Gasteiger partial charge in [0.2, 0.25) is 0 Å². The minimum absolute atomic E-state index is 0.205. The van der Waals surface area contributed by atoms with Crippen LogP contribution >= 0.6 is 0 Å². The van der Waals surface area contributed by atoms with E-state index >= 15 is 0 Å². The van der Waals surface area contributed by atoms with Crippen LogP contribution in [0.15, 0.2) is 48.5 Å². The Labute approximate surface area is 135 Å². The first-order valence-corrected chi connectivity index (χ1v) is 7.31. The summed E-state index contributed by atoms with van der Waals surface area (Å²) < 4.78 is 0. The van der Waals surface area contributed by atoms with E-state index in [9.17, 15) is 5.26 Å². The molecule has 1 aromatic heterocycles. The van der Waals surface area contributed by atoms with Crippen molar-refractivity contribution in [1.82, 2.24) is 9.97 Å². The lowest BCUT2D eigenvalue weighted by Gasteiger charge is -2.11. The fourth-order valence-corrected chi connectivity index (χ4v) is 2.58. The fraction of sp³-hybridized carbons (Fsp3) is 0.105. The summed E-state index contributed by atoms with van der Waals surface area (Å²) in [6.07, 6.45) is 0. The van der Waals surface area contributed by atoms with Crippen molar-refractivity contribution < 1.29 is 0 Å². The maximum Gasteiger partial charge on any atom is 0.162 e. The zero-order chi connectivity index (χ0) is 16.4. The van der Waals surface area contributed by atoms with Gasteiger partial charge in [0.15, 0.2) is 5.82 Å². The van der Waals surface area contributed by atoms with Gasteiger partial charge in [0.25, 0.3) is 0 Å². The van der Waals surface area contributed by atoms with E-state index in [1.807, 2.05) is 56.3 Å². The van der Waals surface area contributed by atoms with Gasteiger partial charge in [-0.15, -0.1) is 0 Å². The summed E-state index contributed by atoms with van der Waals surface area (Å²) in [6.45, 7) is 4.04. The Hall–Kier alpha value is -3.19. The molecule has 0 spiro atoms. The molecule has 0 bridgehead atoms. The van der Waals surface area contributed by atoms with Crippen LogP contribution in [0.4, 0.5) is 5.82 Å². The quantitative estimate of drug-likeness (QED) is 0.779. The molecule has 4 heteroatoms. The van der Waals surface area contributed by atoms with Gasteiger partial charge in [-0.2, -0.15) is 5.26 Å². The number of nitrogens with zero attached hydrogens (tertiary/aromatic N) is 3. The molecule has 4 nitrogen and oxygen atoms in total. The van der Waals surface area contributed by atoms with Crippen LogP contribution in [0, 0.1) is 25.2 Å². The first kappa shape index (κ1) is 14.7. The predicted molar refractivity (Wildman–Crippen MR) is 91.5 cm³/mol. The van der Waals surface area contributed by atoms with E-state index < -0.39 is 0 Å². The highest BCUT2D eigenvalue weighted by Gasteiger charge is 2.16. The van der Waals surface area contributed by atoms with E-state index in [0.29, 0.717) is 17.1 Å². The summed E-state index contributed by atoms with van der Waals surface area (Å²) in [7, 11) is 0. The number of nitrogens with two attached hydrogens (primary N) is 1. The van der Waals surface area contributed by atoms with Crippen molar-refractivity contribution in [3.8, 4) is 28.7 Å². The number of nitrogen functional groups attached to an aromatic ring is 1. The molecule has 0 unspecified atom stereocenters. The number of aromatic nitrogens is 2. The molecule has 0 saturated heterocycles. The molecule has 0 aliphatic rings. The van der Waals surface area contributed by atoms with Crippen LogP contribution in [0.1, 0.15) is 16.7 Å². The van der Waals surface area contributed by atoms with Crippen molar-refractivity contribution in [3.05, 3.63) is 65.2 Å². The van der Waals surface area contributed by atoms with Gasteiger partial charge < -0.3 is 5.73 Å². The standard InChI is InChI=1S/C19H16N4/c1-12-8-9-15(13(2)10-12)17-16(11-20)18(21)23-19(22-17)14-6-4-3-5-7-14/h3-10H,1-2H3,(H2,21,22,23). The van der Waals surface area contributed by atoms with Gasteiger partial charge in [-0.3, -0.25) is 0 Å². The van der Waals surface area contributed by atoms with Crippen molar-refractivity contribution in [3.63, 3.8) is 0 Å². The Morgan fingerprint density at radius 3 is 2.39 bits per heavy atom. The highest BCUT2D eigenvalue weighted by Crippen LogP contribution is 2.30. The summed E-state index contributed by atoms with van der Waals surface area (Å²) >= 11 is 0. The van der Waals surface area contributed by atoms with Crippen LogP contribution < -0.4 is 5.73 Å². The molecule has 112 valence electrons. The van der Waals surface area contributed by atoms with Gasteiger partial charge in [-0.05, 0) is 19.4 Å². The van der Waals surface area contributed by atoms with Crippen molar-refractivity contribution in [1.29, 1.82) is 5.26 Å². The average Bonchev–Trinajstić information content (AvgIpc) is 2.55. The number of anilines is 1. The van der Waals surface area contributed by atoms with E-state index in [4.69, 9.17) is 5.73 Å². The van der Waals surface area contributed by atoms with Crippen LogP contribution in [-0.4, -0.2) is 9.97 Å². The second kappa shape index (κ2) is 5.90. The molecule has 0 aliphatic carbocycles. The van der Waals surface area contributed by atoms with E-state index in [1.54, 1.807) is 0 Å². The molecule has 2 aromatic carbocycles. The molecule has 3 aromatic rings. The Bertz CT molecular complexity index is 909. The molecule has 0 saturated carbocycles. The molecule has 23 heavy (non-hydrogen) atoms. The summed E-state index contributed by atoms with van der Waals surface area (Å²) in [6, 6.07) is 17.8. The van der Waals surface area contributed by atoms with E-state index in [-0.39, 0.29) is 5.82 Å². The molecule has 2 N–H and O–H groups in total. The topological polar surface area (TPSA) is 75.6 Å². The molecular formula is C19H16N4. The molecular weight excluding hydrogens is 284 g/mol. The first-order chi connectivity index (χ1) is 11.1. The van der Waals surface area contributed by atoms with E-state index in [0.717, 1.165) is 22.3 Å². The molecule has 0 atom stereocenters. The van der Waals surface area contributed by atoms with Gasteiger partial charge in [-0.25, -0.2) is 9.97 Å². The third-order valence-corrected chi connectivity index (χ3v) is 3.72. The predicted octanol–water partition coefficient (Wildman–Crippen LogP) is 3.88. The number of hydrogen-bond acceptors (Lipinski definition) is 4. The lowest BCUT2D eigenvalue weighted by atomic mass is 9.99. The smallest absolute Gasteiger partial charge is 0.162 e. The lowest BCUT2D eigenvalue weighted by Crippen LogP contribution is -2.03. The molecule has 0 radical (unpaired) electrons. The Balaban J connectivity index is 2.27. The molecule has 0 aliphatic heterocycles. The summed E-state index contributed by atoms with van der Waals surface area (Å²) in [4.78, 5) is 8.91. The van der Waals surface area contributed by atoms with Crippen molar-refractivity contribution >= 4 is 5.82 Å². The number of nitriles is 1. The highest BCUT2D eigenvalue weighted by molar-refractivity contribution is 5.76. The van der Waals surface area contributed by atoms with Crippen molar-refractivity contribution in [2.75, 3.05) is 5.73 Å². The Kier molecular flexibility index (Phi) is 3.78. The fourth-order valence-electron chi connectivity index (χ4n) is 2.58. The van der Waals surface area contributed by atoms with Crippen LogP contribution in [0.2, 0.25) is 0 Å². The summed E-state index contributed by atoms with van der Waals surface area (Å²) in [5.74, 6) is 0.730. The van der Waals surface area contributed by atoms with Gasteiger partial charge in [-0.1, -0.05) is 54.1 Å². The SMILES string of the molecule is Cc1ccc(-c2nc(-c3ccccc3)nc(N)c2C#N)c(C)c1. The maximum absolute atomic E-state index is 9.46. The lowest BCUT2D eigenvalue weighted by molar-refractivity contribution is 1.17. The summed E-state index contributed by atoms with van der Waals surface area (Å²) in [5, 5.41) is 9.46. The second-order valence-corrected chi connectivity index (χ2v) is 5.45. The number of aryl methyl sites for hydroxylation is 2. The number of benzene rings is 2. The molecule has 0 amide bonds. The van der Waals surface area contributed by atoms with Gasteiger partial charge >= 0.3 is 0 Å². The van der Waals surface area contributed by atoms with Crippen LogP contribution in [-0.2, 0) is 0 Å². The van der Waals surface area contributed by atoms with Crippen LogP contribution in [0.5, 0.6) is 0 Å². The largest absolute Gasteiger partial charge is 0.382 e. The maximum atomic E-state index is 9.46. The van der Waals surface area contributed by atoms with E-state index in [1.165, 1.54) is 0 Å². The zero-order valence-electron chi connectivity index (χ0n) is 13.0. The third-order valence-electron chi connectivity index (χ3n) is 3.72. The van der Waals surface area contributed by atoms with E-state index in [2.05, 4.69) is 22.1 Å². The minimum Gasteiger partial charge on any atom is -0.382 e. The van der Waals surface area contributed by atoms with Gasteiger partial charge in [0, 0.05) is 11.1 Å². The highest BCUT2D eigenvalue weighted by atomic mass is 15.0.